The fourth-order valence-electron chi connectivity index (χ4n) is 6.63. The van der Waals surface area contributed by atoms with E-state index in [2.05, 4.69) is 72.7 Å². The van der Waals surface area contributed by atoms with Crippen molar-refractivity contribution in [3.63, 3.8) is 0 Å². The molecule has 0 aliphatic heterocycles. The van der Waals surface area contributed by atoms with Crippen molar-refractivity contribution in [3.8, 4) is 0 Å². The Morgan fingerprint density at radius 1 is 0.680 bits per heavy atom. The molecule has 0 spiro atoms. The van der Waals surface area contributed by atoms with E-state index in [9.17, 15) is 0 Å². The minimum Gasteiger partial charge on any atom is -0.0840 e. The molecular weight excluding hydrogens is 347 g/mol. The predicted molar refractivity (Wildman–Crippen MR) is 108 cm³/mol. The maximum atomic E-state index is 6.86. The number of benzene rings is 2. The Morgan fingerprint density at radius 3 is 1.40 bits per heavy atom. The Bertz CT molecular complexity index is 847. The summed E-state index contributed by atoms with van der Waals surface area (Å²) in [5.74, 6) is 0.413. The molecule has 0 saturated heterocycles. The van der Waals surface area contributed by atoms with Crippen LogP contribution in [0.2, 0.25) is 10.0 Å². The third kappa shape index (κ3) is 1.91. The molecule has 2 aliphatic rings. The standard InChI is InChI=1S/C23H26Cl2/c1-12-8-14-18(16(24)10-12)23(7)19-15(9-13(2)11-17(19)25)22(5,6)20(23)21(14,3)4/h8-11,20H,1-7H3. The Kier molecular flexibility index (Phi) is 3.38. The van der Waals surface area contributed by atoms with E-state index in [1.165, 1.54) is 33.4 Å². The number of halogens is 2. The van der Waals surface area contributed by atoms with Crippen molar-refractivity contribution < 1.29 is 0 Å². The average molecular weight is 373 g/mol. The monoisotopic (exact) mass is 372 g/mol. The van der Waals surface area contributed by atoms with Crippen LogP contribution >= 0.6 is 23.2 Å². The zero-order chi connectivity index (χ0) is 18.5. The Labute approximate surface area is 161 Å². The summed E-state index contributed by atoms with van der Waals surface area (Å²) < 4.78 is 0. The van der Waals surface area contributed by atoms with Gasteiger partial charge < -0.3 is 0 Å². The van der Waals surface area contributed by atoms with Crippen molar-refractivity contribution in [2.24, 2.45) is 5.92 Å². The molecule has 0 saturated carbocycles. The number of aryl methyl sites for hydroxylation is 2. The molecule has 0 heterocycles. The van der Waals surface area contributed by atoms with E-state index in [1.54, 1.807) is 0 Å². The van der Waals surface area contributed by atoms with Gasteiger partial charge in [-0.3, -0.25) is 0 Å². The molecule has 132 valence electrons. The highest BCUT2D eigenvalue weighted by Crippen LogP contribution is 2.70. The molecule has 0 N–H and O–H groups in total. The first-order valence-electron chi connectivity index (χ1n) is 9.05. The van der Waals surface area contributed by atoms with Gasteiger partial charge in [0.15, 0.2) is 0 Å². The zero-order valence-corrected chi connectivity index (χ0v) is 17.7. The van der Waals surface area contributed by atoms with Gasteiger partial charge in [-0.25, -0.2) is 0 Å². The molecule has 0 amide bonds. The number of hydrogen-bond donors (Lipinski definition) is 0. The van der Waals surface area contributed by atoms with Crippen molar-refractivity contribution in [1.82, 2.24) is 0 Å². The van der Waals surface area contributed by atoms with Gasteiger partial charge in [-0.15, -0.1) is 0 Å². The lowest BCUT2D eigenvalue weighted by molar-refractivity contribution is 0.182. The van der Waals surface area contributed by atoms with Gasteiger partial charge in [0.2, 0.25) is 0 Å². The van der Waals surface area contributed by atoms with Gasteiger partial charge in [0.05, 0.1) is 0 Å². The Morgan fingerprint density at radius 2 is 1.04 bits per heavy atom. The molecule has 0 aromatic heterocycles. The number of rotatable bonds is 0. The summed E-state index contributed by atoms with van der Waals surface area (Å²) in [6.45, 7) is 16.2. The largest absolute Gasteiger partial charge is 0.0840 e. The zero-order valence-electron chi connectivity index (χ0n) is 16.1. The third-order valence-electron chi connectivity index (χ3n) is 6.92. The van der Waals surface area contributed by atoms with Crippen LogP contribution in [-0.2, 0) is 16.2 Å². The molecule has 0 unspecified atom stereocenters. The van der Waals surface area contributed by atoms with Gasteiger partial charge in [-0.05, 0) is 76.1 Å². The molecule has 0 nitrogen and oxygen atoms in total. The Hall–Kier alpha value is -0.980. The van der Waals surface area contributed by atoms with Crippen LogP contribution in [-0.4, -0.2) is 0 Å². The lowest BCUT2D eigenvalue weighted by atomic mass is 9.61. The Balaban J connectivity index is 2.19. The van der Waals surface area contributed by atoms with Crippen LogP contribution in [0.1, 0.15) is 68.0 Å². The summed E-state index contributed by atoms with van der Waals surface area (Å²) in [6.07, 6.45) is 0. The highest BCUT2D eigenvalue weighted by Gasteiger charge is 2.66. The first kappa shape index (κ1) is 17.4. The first-order chi connectivity index (χ1) is 11.4. The quantitative estimate of drug-likeness (QED) is 0.461. The summed E-state index contributed by atoms with van der Waals surface area (Å²) >= 11 is 13.7. The number of fused-ring (bicyclic) bond motifs is 5. The second-order valence-electron chi connectivity index (χ2n) is 9.42. The molecule has 2 aromatic carbocycles. The molecule has 25 heavy (non-hydrogen) atoms. The van der Waals surface area contributed by atoms with E-state index in [-0.39, 0.29) is 16.2 Å². The van der Waals surface area contributed by atoms with E-state index in [1.807, 2.05) is 0 Å². The summed E-state index contributed by atoms with van der Waals surface area (Å²) in [6, 6.07) is 8.89. The predicted octanol–water partition coefficient (Wildman–Crippen LogP) is 7.11. The molecule has 0 bridgehead atoms. The van der Waals surface area contributed by atoms with E-state index in [4.69, 9.17) is 23.2 Å². The van der Waals surface area contributed by atoms with Crippen LogP contribution in [0, 0.1) is 19.8 Å². The molecule has 4 rings (SSSR count). The van der Waals surface area contributed by atoms with Crippen molar-refractivity contribution >= 4 is 23.2 Å². The molecule has 2 heteroatoms. The number of hydrogen-bond acceptors (Lipinski definition) is 0. The highest BCUT2D eigenvalue weighted by molar-refractivity contribution is 6.33. The minimum atomic E-state index is -0.159. The fourth-order valence-corrected chi connectivity index (χ4v) is 7.57. The van der Waals surface area contributed by atoms with E-state index >= 15 is 0 Å². The molecule has 0 radical (unpaired) electrons. The highest BCUT2D eigenvalue weighted by atomic mass is 35.5. The molecule has 2 aromatic rings. The summed E-state index contributed by atoms with van der Waals surface area (Å²) in [7, 11) is 0. The van der Waals surface area contributed by atoms with Gasteiger partial charge in [0, 0.05) is 15.5 Å². The van der Waals surface area contributed by atoms with E-state index in [0.717, 1.165) is 10.0 Å². The maximum absolute atomic E-state index is 6.86. The van der Waals surface area contributed by atoms with Gasteiger partial charge in [0.25, 0.3) is 0 Å². The van der Waals surface area contributed by atoms with Gasteiger partial charge in [0.1, 0.15) is 0 Å². The SMILES string of the molecule is Cc1cc(Cl)c2c(c1)C(C)(C)C1C(C)(C)c3cc(C)cc(Cl)c3C21C. The van der Waals surface area contributed by atoms with Crippen LogP contribution in [0.15, 0.2) is 24.3 Å². The molecule has 0 atom stereocenters. The third-order valence-corrected chi connectivity index (χ3v) is 7.51. The normalized spacial score (nSPS) is 27.8. The molecule has 0 fully saturated rings. The maximum Gasteiger partial charge on any atom is 0.0452 e. The molecule has 2 aliphatic carbocycles. The van der Waals surface area contributed by atoms with Crippen molar-refractivity contribution in [2.45, 2.75) is 64.7 Å². The average Bonchev–Trinajstić information content (AvgIpc) is 2.73. The topological polar surface area (TPSA) is 0 Å². The van der Waals surface area contributed by atoms with Gasteiger partial charge in [-0.1, -0.05) is 70.0 Å². The van der Waals surface area contributed by atoms with Crippen LogP contribution in [0.3, 0.4) is 0 Å². The van der Waals surface area contributed by atoms with Crippen LogP contribution in [0.5, 0.6) is 0 Å². The second kappa shape index (κ2) is 4.84. The van der Waals surface area contributed by atoms with E-state index < -0.39 is 0 Å². The first-order valence-corrected chi connectivity index (χ1v) is 9.81. The summed E-state index contributed by atoms with van der Waals surface area (Å²) in [5.41, 5.74) is 7.70. The van der Waals surface area contributed by atoms with Crippen molar-refractivity contribution in [3.05, 3.63) is 67.7 Å². The molecular formula is C23H26Cl2. The lowest BCUT2D eigenvalue weighted by Crippen LogP contribution is -2.42. The van der Waals surface area contributed by atoms with Gasteiger partial charge in [-0.2, -0.15) is 0 Å². The smallest absolute Gasteiger partial charge is 0.0452 e. The van der Waals surface area contributed by atoms with Crippen LogP contribution in [0.4, 0.5) is 0 Å². The lowest BCUT2D eigenvalue weighted by Gasteiger charge is -2.41. The van der Waals surface area contributed by atoms with E-state index in [0.29, 0.717) is 5.92 Å². The second-order valence-corrected chi connectivity index (χ2v) is 10.2. The fraction of sp³-hybridized carbons (Fsp3) is 0.478. The van der Waals surface area contributed by atoms with Crippen LogP contribution in [0.25, 0.3) is 0 Å². The summed E-state index contributed by atoms with van der Waals surface area (Å²) in [5, 5.41) is 1.77. The van der Waals surface area contributed by atoms with Crippen molar-refractivity contribution in [1.29, 1.82) is 0 Å². The van der Waals surface area contributed by atoms with Crippen LogP contribution < -0.4 is 0 Å². The minimum absolute atomic E-state index is 0.0273. The van der Waals surface area contributed by atoms with Crippen molar-refractivity contribution in [2.75, 3.05) is 0 Å². The summed E-state index contributed by atoms with van der Waals surface area (Å²) in [4.78, 5) is 0. The van der Waals surface area contributed by atoms with Gasteiger partial charge >= 0.3 is 0 Å².